The van der Waals surface area contributed by atoms with Gasteiger partial charge in [0.1, 0.15) is 12.1 Å². The molecule has 0 aliphatic carbocycles. The fourth-order valence-electron chi connectivity index (χ4n) is 1.78. The number of hydrogen-bond acceptors (Lipinski definition) is 7. The lowest BCUT2D eigenvalue weighted by atomic mass is 10.3. The molecule has 22 heavy (non-hydrogen) atoms. The Morgan fingerprint density at radius 3 is 2.86 bits per heavy atom. The number of aromatic nitrogens is 2. The average Bonchev–Trinajstić information content (AvgIpc) is 2.52. The Bertz CT molecular complexity index is 690. The number of nitrogens with one attached hydrogen (secondary N) is 2. The fraction of sp³-hybridized carbons (Fsp3) is 0.143. The van der Waals surface area contributed by atoms with Crippen molar-refractivity contribution >= 4 is 23.0 Å². The van der Waals surface area contributed by atoms with Crippen LogP contribution in [0.4, 0.5) is 23.0 Å². The van der Waals surface area contributed by atoms with Crippen LogP contribution in [0.3, 0.4) is 0 Å². The molecule has 0 aliphatic rings. The van der Waals surface area contributed by atoms with E-state index in [4.69, 9.17) is 4.74 Å². The van der Waals surface area contributed by atoms with Crippen LogP contribution >= 0.6 is 0 Å². The Morgan fingerprint density at radius 1 is 1.41 bits per heavy atom. The molecule has 0 radical (unpaired) electrons. The van der Waals surface area contributed by atoms with Crippen molar-refractivity contribution in [1.82, 2.24) is 9.97 Å². The highest BCUT2D eigenvalue weighted by Gasteiger charge is 2.22. The number of methoxy groups -OCH3 is 1. The molecule has 0 atom stereocenters. The van der Waals surface area contributed by atoms with Crippen LogP contribution in [0.25, 0.3) is 0 Å². The van der Waals surface area contributed by atoms with Crippen LogP contribution < -0.4 is 15.4 Å². The third-order valence-corrected chi connectivity index (χ3v) is 2.75. The predicted molar refractivity (Wildman–Crippen MR) is 83.6 cm³/mol. The molecule has 114 valence electrons. The third-order valence-electron chi connectivity index (χ3n) is 2.75. The number of rotatable bonds is 7. The molecule has 2 N–H and O–H groups in total. The molecule has 1 heterocycles. The van der Waals surface area contributed by atoms with E-state index in [-0.39, 0.29) is 17.3 Å². The summed E-state index contributed by atoms with van der Waals surface area (Å²) in [5.41, 5.74) is 0.392. The first kappa shape index (κ1) is 15.2. The van der Waals surface area contributed by atoms with E-state index in [2.05, 4.69) is 27.2 Å². The van der Waals surface area contributed by atoms with Crippen molar-refractivity contribution in [3.05, 3.63) is 53.4 Å². The fourth-order valence-corrected chi connectivity index (χ4v) is 1.78. The van der Waals surface area contributed by atoms with Gasteiger partial charge in [-0.3, -0.25) is 10.1 Å². The minimum Gasteiger partial charge on any atom is -0.497 e. The van der Waals surface area contributed by atoms with E-state index in [1.165, 1.54) is 6.33 Å². The van der Waals surface area contributed by atoms with Crippen molar-refractivity contribution in [2.45, 2.75) is 0 Å². The van der Waals surface area contributed by atoms with E-state index >= 15 is 0 Å². The summed E-state index contributed by atoms with van der Waals surface area (Å²) in [4.78, 5) is 18.6. The summed E-state index contributed by atoms with van der Waals surface area (Å²) in [6, 6.07) is 7.01. The van der Waals surface area contributed by atoms with Crippen molar-refractivity contribution in [1.29, 1.82) is 0 Å². The van der Waals surface area contributed by atoms with Gasteiger partial charge in [-0.1, -0.05) is 12.1 Å². The summed E-state index contributed by atoms with van der Waals surface area (Å²) in [6.07, 6.45) is 2.84. The lowest BCUT2D eigenvalue weighted by Crippen LogP contribution is -2.08. The molecule has 0 saturated carbocycles. The zero-order chi connectivity index (χ0) is 15.9. The van der Waals surface area contributed by atoms with E-state index in [1.54, 1.807) is 37.5 Å². The Balaban J connectivity index is 2.36. The minimum absolute atomic E-state index is 0.0971. The molecule has 0 fully saturated rings. The van der Waals surface area contributed by atoms with Gasteiger partial charge in [-0.25, -0.2) is 9.97 Å². The maximum absolute atomic E-state index is 11.3. The predicted octanol–water partition coefficient (Wildman–Crippen LogP) is 2.73. The smallest absolute Gasteiger partial charge is 0.353 e. The molecule has 0 unspecified atom stereocenters. The quantitative estimate of drug-likeness (QED) is 0.460. The van der Waals surface area contributed by atoms with Gasteiger partial charge < -0.3 is 15.4 Å². The molecule has 8 nitrogen and oxygen atoms in total. The zero-order valence-corrected chi connectivity index (χ0v) is 11.9. The first-order valence-corrected chi connectivity index (χ1v) is 6.41. The molecule has 1 aromatic heterocycles. The van der Waals surface area contributed by atoms with Crippen molar-refractivity contribution < 1.29 is 9.66 Å². The number of benzene rings is 1. The molecule has 2 aromatic rings. The van der Waals surface area contributed by atoms with Crippen LogP contribution in [0.2, 0.25) is 0 Å². The molecule has 0 amide bonds. The Labute approximate surface area is 127 Å². The number of nitrogens with zero attached hydrogens (tertiary/aromatic N) is 3. The van der Waals surface area contributed by atoms with E-state index < -0.39 is 4.92 Å². The van der Waals surface area contributed by atoms with Gasteiger partial charge in [0.25, 0.3) is 0 Å². The second-order valence-corrected chi connectivity index (χ2v) is 4.20. The van der Waals surface area contributed by atoms with Gasteiger partial charge in [0, 0.05) is 18.3 Å². The first-order chi connectivity index (χ1) is 10.7. The Morgan fingerprint density at radius 2 is 2.18 bits per heavy atom. The van der Waals surface area contributed by atoms with Crippen LogP contribution in [0.5, 0.6) is 5.75 Å². The molecule has 2 rings (SSSR count). The normalized spacial score (nSPS) is 9.86. The van der Waals surface area contributed by atoms with Crippen LogP contribution in [0.15, 0.2) is 43.2 Å². The molecular weight excluding hydrogens is 286 g/mol. The molecule has 0 aliphatic heterocycles. The summed E-state index contributed by atoms with van der Waals surface area (Å²) in [5, 5.41) is 17.0. The van der Waals surface area contributed by atoms with E-state index in [1.807, 2.05) is 0 Å². The summed E-state index contributed by atoms with van der Waals surface area (Å²) in [7, 11) is 1.55. The van der Waals surface area contributed by atoms with E-state index in [0.717, 1.165) is 0 Å². The van der Waals surface area contributed by atoms with E-state index in [0.29, 0.717) is 18.0 Å². The van der Waals surface area contributed by atoms with Crippen LogP contribution in [-0.2, 0) is 0 Å². The summed E-state index contributed by atoms with van der Waals surface area (Å²) >= 11 is 0. The van der Waals surface area contributed by atoms with Crippen molar-refractivity contribution in [2.75, 3.05) is 24.3 Å². The van der Waals surface area contributed by atoms with Crippen LogP contribution in [0.1, 0.15) is 0 Å². The highest BCUT2D eigenvalue weighted by Crippen LogP contribution is 2.31. The number of hydrogen-bond donors (Lipinski definition) is 2. The highest BCUT2D eigenvalue weighted by atomic mass is 16.6. The monoisotopic (exact) mass is 301 g/mol. The highest BCUT2D eigenvalue weighted by molar-refractivity contribution is 5.74. The molecule has 0 bridgehead atoms. The Kier molecular flexibility index (Phi) is 4.86. The molecule has 8 heteroatoms. The topological polar surface area (TPSA) is 102 Å². The summed E-state index contributed by atoms with van der Waals surface area (Å²) in [6.45, 7) is 3.91. The van der Waals surface area contributed by atoms with Gasteiger partial charge in [-0.15, -0.1) is 6.58 Å². The zero-order valence-electron chi connectivity index (χ0n) is 11.9. The lowest BCUT2D eigenvalue weighted by molar-refractivity contribution is -0.383. The van der Waals surface area contributed by atoms with Crippen molar-refractivity contribution in [3.8, 4) is 5.75 Å². The van der Waals surface area contributed by atoms with Crippen LogP contribution in [-0.4, -0.2) is 28.5 Å². The molecule has 0 spiro atoms. The van der Waals surface area contributed by atoms with Gasteiger partial charge >= 0.3 is 5.69 Å². The summed E-state index contributed by atoms with van der Waals surface area (Å²) in [5.74, 6) is 0.858. The van der Waals surface area contributed by atoms with Crippen molar-refractivity contribution in [3.63, 3.8) is 0 Å². The van der Waals surface area contributed by atoms with Gasteiger partial charge in [-0.05, 0) is 12.1 Å². The number of anilines is 3. The maximum Gasteiger partial charge on any atom is 0.353 e. The van der Waals surface area contributed by atoms with Crippen LogP contribution in [0, 0.1) is 10.1 Å². The second-order valence-electron chi connectivity index (χ2n) is 4.20. The minimum atomic E-state index is -0.534. The number of ether oxygens (including phenoxy) is 1. The standard InChI is InChI=1S/C14H15N5O3/c1-3-7-15-13-12(19(20)21)14(17-9-16-13)18-10-5-4-6-11(8-10)22-2/h3-6,8-9H,1,7H2,2H3,(H2,15,16,17,18). The molecular formula is C14H15N5O3. The van der Waals surface area contributed by atoms with Gasteiger partial charge in [-0.2, -0.15) is 0 Å². The van der Waals surface area contributed by atoms with Gasteiger partial charge in [0.2, 0.25) is 11.6 Å². The number of nitro groups is 1. The largest absolute Gasteiger partial charge is 0.497 e. The third kappa shape index (κ3) is 3.48. The molecule has 1 aromatic carbocycles. The summed E-state index contributed by atoms with van der Waals surface area (Å²) < 4.78 is 5.12. The van der Waals surface area contributed by atoms with Gasteiger partial charge in [0.05, 0.1) is 12.0 Å². The molecule has 0 saturated heterocycles. The van der Waals surface area contributed by atoms with E-state index in [9.17, 15) is 10.1 Å². The first-order valence-electron chi connectivity index (χ1n) is 6.41. The average molecular weight is 301 g/mol. The SMILES string of the molecule is C=CCNc1ncnc(Nc2cccc(OC)c2)c1[N+](=O)[O-]. The Hall–Kier alpha value is -3.16. The second kappa shape index (κ2) is 7.02. The lowest BCUT2D eigenvalue weighted by Gasteiger charge is -2.10. The van der Waals surface area contributed by atoms with Gasteiger partial charge in [0.15, 0.2) is 0 Å². The maximum atomic E-state index is 11.3. The van der Waals surface area contributed by atoms with Crippen molar-refractivity contribution in [2.24, 2.45) is 0 Å².